The highest BCUT2D eigenvalue weighted by atomic mass is 32.2. The fraction of sp³-hybridized carbons (Fsp3) is 0.429. The minimum Gasteiger partial charge on any atom is -0.384 e. The highest BCUT2D eigenvalue weighted by Gasteiger charge is 2.15. The second kappa shape index (κ2) is 4.94. The molecule has 0 radical (unpaired) electrons. The summed E-state index contributed by atoms with van der Waals surface area (Å²) in [5.41, 5.74) is 5.45. The molecule has 8 nitrogen and oxygen atoms in total. The number of anilines is 1. The van der Waals surface area contributed by atoms with E-state index in [4.69, 9.17) is 11.1 Å². The molecule has 0 aliphatic carbocycles. The van der Waals surface area contributed by atoms with Crippen LogP contribution in [0.3, 0.4) is 0 Å². The molecule has 0 atom stereocenters. The lowest BCUT2D eigenvalue weighted by Crippen LogP contribution is -2.22. The number of amidine groups is 1. The van der Waals surface area contributed by atoms with Gasteiger partial charge in [0, 0.05) is 7.11 Å². The van der Waals surface area contributed by atoms with Crippen molar-refractivity contribution in [2.75, 3.05) is 24.2 Å². The first kappa shape index (κ1) is 12.5. The van der Waals surface area contributed by atoms with Gasteiger partial charge in [-0.25, -0.2) is 8.42 Å². The molecule has 16 heavy (non-hydrogen) atoms. The second-order valence-electron chi connectivity index (χ2n) is 2.99. The molecule has 9 heteroatoms. The van der Waals surface area contributed by atoms with Crippen molar-refractivity contribution in [2.24, 2.45) is 5.73 Å². The van der Waals surface area contributed by atoms with Crippen molar-refractivity contribution in [1.82, 2.24) is 10.2 Å². The fourth-order valence-electron chi connectivity index (χ4n) is 0.968. The summed E-state index contributed by atoms with van der Waals surface area (Å²) in [5.74, 6) is -0.360. The molecule has 0 unspecified atom stereocenters. The monoisotopic (exact) mass is 247 g/mol. The molecule has 1 heterocycles. The zero-order chi connectivity index (χ0) is 12.2. The maximum atomic E-state index is 11.5. The van der Waals surface area contributed by atoms with Crippen molar-refractivity contribution in [2.45, 2.75) is 0 Å². The Kier molecular flexibility index (Phi) is 3.85. The van der Waals surface area contributed by atoms with Gasteiger partial charge in [0.15, 0.2) is 0 Å². The first-order valence-electron chi connectivity index (χ1n) is 4.33. The van der Waals surface area contributed by atoms with E-state index in [0.717, 1.165) is 0 Å². The van der Waals surface area contributed by atoms with E-state index in [1.807, 2.05) is 0 Å². The number of nitrogens with two attached hydrogens (primary N) is 1. The smallest absolute Gasteiger partial charge is 0.236 e. The molecule has 1 aromatic heterocycles. The number of hydrogen-bond donors (Lipinski definition) is 4. The van der Waals surface area contributed by atoms with Gasteiger partial charge in [0.25, 0.3) is 0 Å². The van der Waals surface area contributed by atoms with Gasteiger partial charge in [-0.15, -0.1) is 0 Å². The van der Waals surface area contributed by atoms with Crippen molar-refractivity contribution in [3.63, 3.8) is 0 Å². The van der Waals surface area contributed by atoms with Crippen LogP contribution in [0.15, 0.2) is 6.20 Å². The molecule has 0 aromatic carbocycles. The lowest BCUT2D eigenvalue weighted by atomic mass is 10.3. The van der Waals surface area contributed by atoms with Crippen LogP contribution in [0.4, 0.5) is 5.82 Å². The van der Waals surface area contributed by atoms with Gasteiger partial charge in [-0.2, -0.15) is 5.10 Å². The summed E-state index contributed by atoms with van der Waals surface area (Å²) in [6, 6.07) is 0. The van der Waals surface area contributed by atoms with E-state index in [1.165, 1.54) is 13.3 Å². The van der Waals surface area contributed by atoms with E-state index >= 15 is 0 Å². The van der Waals surface area contributed by atoms with Crippen molar-refractivity contribution in [1.29, 1.82) is 5.41 Å². The van der Waals surface area contributed by atoms with Crippen molar-refractivity contribution < 1.29 is 13.2 Å². The molecule has 0 fully saturated rings. The first-order chi connectivity index (χ1) is 7.46. The number of ether oxygens (including phenoxy) is 1. The summed E-state index contributed by atoms with van der Waals surface area (Å²) in [7, 11) is -2.11. The molecule has 0 amide bonds. The maximum Gasteiger partial charge on any atom is 0.236 e. The summed E-state index contributed by atoms with van der Waals surface area (Å²) in [6.45, 7) is 0.0822. The number of H-pyrrole nitrogens is 1. The van der Waals surface area contributed by atoms with Crippen LogP contribution in [0, 0.1) is 5.41 Å². The quantitative estimate of drug-likeness (QED) is 0.381. The molecular weight excluding hydrogens is 234 g/mol. The summed E-state index contributed by atoms with van der Waals surface area (Å²) < 4.78 is 29.9. The topological polar surface area (TPSA) is 134 Å². The Bertz CT molecular complexity index is 466. The van der Waals surface area contributed by atoms with E-state index in [9.17, 15) is 8.42 Å². The predicted molar refractivity (Wildman–Crippen MR) is 58.9 cm³/mol. The lowest BCUT2D eigenvalue weighted by molar-refractivity contribution is 0.217. The third-order valence-electron chi connectivity index (χ3n) is 1.74. The minimum atomic E-state index is -3.52. The summed E-state index contributed by atoms with van der Waals surface area (Å²) in [4.78, 5) is 0. The number of aromatic nitrogens is 2. The molecule has 0 saturated carbocycles. The van der Waals surface area contributed by atoms with Crippen LogP contribution in [0.25, 0.3) is 0 Å². The van der Waals surface area contributed by atoms with Crippen LogP contribution in [0.2, 0.25) is 0 Å². The SMILES string of the molecule is COCCS(=O)(=O)Nc1[nH]ncc1C(=N)N. The fourth-order valence-corrected chi connectivity index (χ4v) is 1.92. The molecule has 0 aliphatic rings. The number of hydrogen-bond acceptors (Lipinski definition) is 5. The van der Waals surface area contributed by atoms with Crippen LogP contribution >= 0.6 is 0 Å². The number of nitrogens with zero attached hydrogens (tertiary/aromatic N) is 1. The van der Waals surface area contributed by atoms with E-state index in [2.05, 4.69) is 19.7 Å². The molecule has 5 N–H and O–H groups in total. The van der Waals surface area contributed by atoms with Gasteiger partial charge in [0.05, 0.1) is 24.1 Å². The Labute approximate surface area is 92.7 Å². The van der Waals surface area contributed by atoms with Crippen molar-refractivity contribution in [3.8, 4) is 0 Å². The Morgan fingerprint density at radius 2 is 2.44 bits per heavy atom. The average molecular weight is 247 g/mol. The van der Waals surface area contributed by atoms with Crippen LogP contribution in [0.5, 0.6) is 0 Å². The highest BCUT2D eigenvalue weighted by molar-refractivity contribution is 7.92. The average Bonchev–Trinajstić information content (AvgIpc) is 2.62. The summed E-state index contributed by atoms with van der Waals surface area (Å²) >= 11 is 0. The van der Waals surface area contributed by atoms with E-state index < -0.39 is 10.0 Å². The van der Waals surface area contributed by atoms with E-state index in [1.54, 1.807) is 0 Å². The van der Waals surface area contributed by atoms with Crippen LogP contribution in [0.1, 0.15) is 5.56 Å². The lowest BCUT2D eigenvalue weighted by Gasteiger charge is -2.06. The van der Waals surface area contributed by atoms with Gasteiger partial charge in [0.1, 0.15) is 11.7 Å². The molecule has 0 bridgehead atoms. The zero-order valence-corrected chi connectivity index (χ0v) is 9.47. The number of methoxy groups -OCH3 is 1. The van der Waals surface area contributed by atoms with Crippen molar-refractivity contribution >= 4 is 21.7 Å². The summed E-state index contributed by atoms with van der Waals surface area (Å²) in [5, 5.41) is 13.2. The zero-order valence-electron chi connectivity index (χ0n) is 8.65. The second-order valence-corrected chi connectivity index (χ2v) is 4.83. The molecule has 90 valence electrons. The largest absolute Gasteiger partial charge is 0.384 e. The van der Waals surface area contributed by atoms with E-state index in [-0.39, 0.29) is 29.6 Å². The Morgan fingerprint density at radius 1 is 1.75 bits per heavy atom. The number of rotatable bonds is 6. The molecule has 1 rings (SSSR count). The Hall–Kier alpha value is -1.61. The van der Waals surface area contributed by atoms with Crippen molar-refractivity contribution in [3.05, 3.63) is 11.8 Å². The summed E-state index contributed by atoms with van der Waals surface area (Å²) in [6.07, 6.45) is 1.27. The highest BCUT2D eigenvalue weighted by Crippen LogP contribution is 2.11. The van der Waals surface area contributed by atoms with Crippen LogP contribution in [-0.4, -0.2) is 43.9 Å². The number of aromatic amines is 1. The normalized spacial score (nSPS) is 11.3. The number of nitrogens with one attached hydrogen (secondary N) is 3. The molecule has 0 saturated heterocycles. The maximum absolute atomic E-state index is 11.5. The first-order valence-corrected chi connectivity index (χ1v) is 5.98. The van der Waals surface area contributed by atoms with Crippen LogP contribution in [-0.2, 0) is 14.8 Å². The van der Waals surface area contributed by atoms with Gasteiger partial charge >= 0.3 is 0 Å². The minimum absolute atomic E-state index is 0.0822. The third-order valence-corrected chi connectivity index (χ3v) is 2.96. The van der Waals surface area contributed by atoms with Gasteiger partial charge in [-0.1, -0.05) is 0 Å². The molecular formula is C7H13N5O3S. The Balaban J connectivity index is 2.80. The molecule has 0 spiro atoms. The molecule has 1 aromatic rings. The van der Waals surface area contributed by atoms with Gasteiger partial charge in [-0.3, -0.25) is 15.2 Å². The van der Waals surface area contributed by atoms with Gasteiger partial charge < -0.3 is 10.5 Å². The van der Waals surface area contributed by atoms with E-state index in [0.29, 0.717) is 0 Å². The standard InChI is InChI=1S/C7H13N5O3S/c1-15-2-3-16(13,14)12-7-5(6(8)9)4-10-11-7/h4H,2-3H2,1H3,(H3,8,9)(H2,10,11,12). The number of nitrogen functional groups attached to an aromatic ring is 1. The molecule has 0 aliphatic heterocycles. The van der Waals surface area contributed by atoms with Gasteiger partial charge in [0.2, 0.25) is 10.0 Å². The third kappa shape index (κ3) is 3.21. The van der Waals surface area contributed by atoms with Crippen LogP contribution < -0.4 is 10.5 Å². The number of sulfonamides is 1. The Morgan fingerprint density at radius 3 is 3.00 bits per heavy atom. The predicted octanol–water partition coefficient (Wildman–Crippen LogP) is -0.918. The van der Waals surface area contributed by atoms with Gasteiger partial charge in [-0.05, 0) is 0 Å².